The Morgan fingerprint density at radius 3 is 2.92 bits per heavy atom. The van der Waals surface area contributed by atoms with Crippen molar-refractivity contribution in [2.75, 3.05) is 13.1 Å². The summed E-state index contributed by atoms with van der Waals surface area (Å²) in [5, 5.41) is 3.75. The van der Waals surface area contributed by atoms with E-state index in [1.54, 1.807) is 12.1 Å². The molecule has 1 fully saturated rings. The van der Waals surface area contributed by atoms with Crippen LogP contribution in [0.25, 0.3) is 0 Å². The quantitative estimate of drug-likeness (QED) is 0.733. The highest BCUT2D eigenvalue weighted by atomic mass is 35.5. The minimum atomic E-state index is -0.179. The topological polar surface area (TPSA) is 12.0 Å². The number of nitrogens with one attached hydrogen (secondary N) is 1. The van der Waals surface area contributed by atoms with E-state index in [1.165, 1.54) is 6.07 Å². The van der Waals surface area contributed by atoms with Crippen LogP contribution in [0, 0.1) is 5.82 Å². The van der Waals surface area contributed by atoms with Crippen molar-refractivity contribution >= 4 is 11.6 Å². The molecule has 13 heavy (non-hydrogen) atoms. The van der Waals surface area contributed by atoms with Gasteiger partial charge < -0.3 is 5.32 Å². The molecule has 1 aromatic rings. The molecule has 1 heterocycles. The first-order valence-corrected chi connectivity index (χ1v) is 4.81. The van der Waals surface area contributed by atoms with Gasteiger partial charge in [-0.25, -0.2) is 4.39 Å². The third kappa shape index (κ3) is 1.69. The monoisotopic (exact) mass is 199 g/mol. The van der Waals surface area contributed by atoms with E-state index in [4.69, 9.17) is 11.6 Å². The van der Waals surface area contributed by atoms with Crippen LogP contribution in [0.1, 0.15) is 17.9 Å². The van der Waals surface area contributed by atoms with Crippen molar-refractivity contribution < 1.29 is 4.39 Å². The highest BCUT2D eigenvalue weighted by Gasteiger charge is 2.21. The smallest absolute Gasteiger partial charge is 0.128 e. The minimum absolute atomic E-state index is 0.179. The van der Waals surface area contributed by atoms with Crippen molar-refractivity contribution in [2.24, 2.45) is 0 Å². The molecule has 70 valence electrons. The Kier molecular flexibility index (Phi) is 2.51. The predicted octanol–water partition coefficient (Wildman–Crippen LogP) is 2.56. The Bertz CT molecular complexity index is 288. The molecule has 1 aliphatic heterocycles. The maximum absolute atomic E-state index is 13.4. The second kappa shape index (κ2) is 3.64. The zero-order chi connectivity index (χ0) is 9.26. The molecule has 0 radical (unpaired) electrons. The van der Waals surface area contributed by atoms with Crippen LogP contribution in [0.5, 0.6) is 0 Å². The molecule has 0 spiro atoms. The van der Waals surface area contributed by atoms with Crippen LogP contribution in [0.3, 0.4) is 0 Å². The van der Waals surface area contributed by atoms with Crippen LogP contribution < -0.4 is 5.32 Å². The highest BCUT2D eigenvalue weighted by Crippen LogP contribution is 2.30. The molecule has 1 nitrogen and oxygen atoms in total. The molecule has 1 aromatic carbocycles. The van der Waals surface area contributed by atoms with Crippen LogP contribution >= 0.6 is 11.6 Å². The largest absolute Gasteiger partial charge is 0.316 e. The summed E-state index contributed by atoms with van der Waals surface area (Å²) in [6.45, 7) is 1.79. The van der Waals surface area contributed by atoms with Crippen molar-refractivity contribution in [3.05, 3.63) is 34.6 Å². The zero-order valence-electron chi connectivity index (χ0n) is 7.19. The maximum atomic E-state index is 13.4. The first kappa shape index (κ1) is 8.97. The summed E-state index contributed by atoms with van der Waals surface area (Å²) >= 11 is 5.94. The van der Waals surface area contributed by atoms with Gasteiger partial charge in [0.15, 0.2) is 0 Å². The van der Waals surface area contributed by atoms with Crippen molar-refractivity contribution in [1.82, 2.24) is 5.32 Å². The number of hydrogen-bond acceptors (Lipinski definition) is 1. The molecule has 0 aromatic heterocycles. The SMILES string of the molecule is Fc1cccc(Cl)c1[C@@H]1CCNC1. The van der Waals surface area contributed by atoms with Gasteiger partial charge in [-0.3, -0.25) is 0 Å². The minimum Gasteiger partial charge on any atom is -0.316 e. The van der Waals surface area contributed by atoms with Crippen molar-refractivity contribution in [3.63, 3.8) is 0 Å². The number of benzene rings is 1. The molecular formula is C10H11ClFN. The van der Waals surface area contributed by atoms with Crippen LogP contribution in [0.2, 0.25) is 5.02 Å². The lowest BCUT2D eigenvalue weighted by Crippen LogP contribution is -2.09. The molecule has 3 heteroatoms. The Morgan fingerprint density at radius 2 is 2.31 bits per heavy atom. The first-order chi connectivity index (χ1) is 6.29. The Hall–Kier alpha value is -0.600. The molecular weight excluding hydrogens is 189 g/mol. The standard InChI is InChI=1S/C10H11ClFN/c11-8-2-1-3-9(12)10(8)7-4-5-13-6-7/h1-3,7,13H,4-6H2/t7-/m1/s1. The molecule has 1 N–H and O–H groups in total. The predicted molar refractivity (Wildman–Crippen MR) is 51.6 cm³/mol. The molecule has 0 unspecified atom stereocenters. The van der Waals surface area contributed by atoms with Gasteiger partial charge in [-0.15, -0.1) is 0 Å². The lowest BCUT2D eigenvalue weighted by Gasteiger charge is -2.11. The number of rotatable bonds is 1. The van der Waals surface area contributed by atoms with Crippen molar-refractivity contribution in [3.8, 4) is 0 Å². The van der Waals surface area contributed by atoms with Gasteiger partial charge in [-0.2, -0.15) is 0 Å². The fraction of sp³-hybridized carbons (Fsp3) is 0.400. The van der Waals surface area contributed by atoms with E-state index in [9.17, 15) is 4.39 Å². The second-order valence-electron chi connectivity index (χ2n) is 3.33. The second-order valence-corrected chi connectivity index (χ2v) is 3.73. The van der Waals surface area contributed by atoms with Crippen molar-refractivity contribution in [2.45, 2.75) is 12.3 Å². The summed E-state index contributed by atoms with van der Waals surface area (Å²) in [7, 11) is 0. The molecule has 0 amide bonds. The summed E-state index contributed by atoms with van der Waals surface area (Å²) in [5.74, 6) is 0.0647. The first-order valence-electron chi connectivity index (χ1n) is 4.43. The van der Waals surface area contributed by atoms with Gasteiger partial charge in [0.05, 0.1) is 0 Å². The van der Waals surface area contributed by atoms with Gasteiger partial charge in [0.25, 0.3) is 0 Å². The van der Waals surface area contributed by atoms with E-state index in [-0.39, 0.29) is 11.7 Å². The average molecular weight is 200 g/mol. The Balaban J connectivity index is 2.37. The normalized spacial score (nSPS) is 22.2. The van der Waals surface area contributed by atoms with Gasteiger partial charge in [0, 0.05) is 23.0 Å². The number of hydrogen-bond donors (Lipinski definition) is 1. The van der Waals surface area contributed by atoms with Crippen molar-refractivity contribution in [1.29, 1.82) is 0 Å². The zero-order valence-corrected chi connectivity index (χ0v) is 7.94. The van der Waals surface area contributed by atoms with E-state index in [0.717, 1.165) is 19.5 Å². The Morgan fingerprint density at radius 1 is 1.46 bits per heavy atom. The van der Waals surface area contributed by atoms with Crippen LogP contribution in [0.15, 0.2) is 18.2 Å². The molecule has 1 aliphatic rings. The molecule has 0 bridgehead atoms. The van der Waals surface area contributed by atoms with Gasteiger partial charge >= 0.3 is 0 Å². The van der Waals surface area contributed by atoms with E-state index >= 15 is 0 Å². The summed E-state index contributed by atoms with van der Waals surface area (Å²) < 4.78 is 13.4. The fourth-order valence-corrected chi connectivity index (χ4v) is 2.12. The lowest BCUT2D eigenvalue weighted by atomic mass is 9.98. The third-order valence-electron chi connectivity index (χ3n) is 2.47. The lowest BCUT2D eigenvalue weighted by molar-refractivity contribution is 0.588. The van der Waals surface area contributed by atoms with Gasteiger partial charge in [-0.1, -0.05) is 17.7 Å². The summed E-state index contributed by atoms with van der Waals surface area (Å²) in [4.78, 5) is 0. The van der Waals surface area contributed by atoms with Gasteiger partial charge in [0.1, 0.15) is 5.82 Å². The van der Waals surface area contributed by atoms with E-state index in [2.05, 4.69) is 5.32 Å². The summed E-state index contributed by atoms with van der Waals surface area (Å²) in [6.07, 6.45) is 0.973. The van der Waals surface area contributed by atoms with Gasteiger partial charge in [-0.05, 0) is 25.1 Å². The van der Waals surface area contributed by atoms with E-state index in [1.807, 2.05) is 0 Å². The van der Waals surface area contributed by atoms with Crippen LogP contribution in [0.4, 0.5) is 4.39 Å². The molecule has 1 atom stereocenters. The highest BCUT2D eigenvalue weighted by molar-refractivity contribution is 6.31. The van der Waals surface area contributed by atoms with Crippen LogP contribution in [-0.4, -0.2) is 13.1 Å². The number of halogens is 2. The third-order valence-corrected chi connectivity index (χ3v) is 2.80. The maximum Gasteiger partial charge on any atom is 0.128 e. The van der Waals surface area contributed by atoms with Gasteiger partial charge in [0.2, 0.25) is 0 Å². The molecule has 1 saturated heterocycles. The van der Waals surface area contributed by atoms with Crippen LogP contribution in [-0.2, 0) is 0 Å². The molecule has 0 aliphatic carbocycles. The van der Waals surface area contributed by atoms with E-state index < -0.39 is 0 Å². The average Bonchev–Trinajstić information content (AvgIpc) is 2.57. The molecule has 2 rings (SSSR count). The summed E-state index contributed by atoms with van der Waals surface area (Å²) in [6, 6.07) is 4.86. The Labute approximate surface area is 81.9 Å². The molecule has 0 saturated carbocycles. The fourth-order valence-electron chi connectivity index (χ4n) is 1.80. The summed E-state index contributed by atoms with van der Waals surface area (Å²) in [5.41, 5.74) is 0.675. The van der Waals surface area contributed by atoms with E-state index in [0.29, 0.717) is 10.6 Å².